The van der Waals surface area contributed by atoms with Gasteiger partial charge in [0.15, 0.2) is 11.6 Å². The molecular weight excluding hydrogens is 291 g/mol. The van der Waals surface area contributed by atoms with Crippen LogP contribution in [0.5, 0.6) is 5.75 Å². The predicted molar refractivity (Wildman–Crippen MR) is 80.7 cm³/mol. The Kier molecular flexibility index (Phi) is 4.50. The molecule has 0 bridgehead atoms. The molecule has 21 heavy (non-hydrogen) atoms. The third-order valence-electron chi connectivity index (χ3n) is 4.24. The Morgan fingerprint density at radius 2 is 2.19 bits per heavy atom. The van der Waals surface area contributed by atoms with Gasteiger partial charge in [0.25, 0.3) is 0 Å². The highest BCUT2D eigenvalue weighted by atomic mass is 32.2. The van der Waals surface area contributed by atoms with Gasteiger partial charge in [-0.3, -0.25) is 4.79 Å². The van der Waals surface area contributed by atoms with Crippen molar-refractivity contribution in [3.63, 3.8) is 0 Å². The molecule has 0 saturated carbocycles. The number of carbonyl (C=O) groups excluding carboxylic acids is 1. The van der Waals surface area contributed by atoms with Gasteiger partial charge in [0.2, 0.25) is 0 Å². The van der Waals surface area contributed by atoms with Gasteiger partial charge in [-0.25, -0.2) is 4.39 Å². The van der Waals surface area contributed by atoms with Crippen molar-refractivity contribution in [1.29, 1.82) is 0 Å². The van der Waals surface area contributed by atoms with E-state index in [9.17, 15) is 9.18 Å². The van der Waals surface area contributed by atoms with Gasteiger partial charge >= 0.3 is 0 Å². The Morgan fingerprint density at radius 1 is 1.38 bits per heavy atom. The van der Waals surface area contributed by atoms with E-state index < -0.39 is 5.82 Å². The monoisotopic (exact) mass is 310 g/mol. The molecule has 1 aromatic carbocycles. The van der Waals surface area contributed by atoms with Crippen molar-refractivity contribution >= 4 is 18.0 Å². The van der Waals surface area contributed by atoms with Crippen molar-refractivity contribution < 1.29 is 18.7 Å². The van der Waals surface area contributed by atoms with E-state index in [1.807, 2.05) is 11.8 Å². The fourth-order valence-electron chi connectivity index (χ4n) is 3.04. The van der Waals surface area contributed by atoms with Crippen molar-refractivity contribution in [1.82, 2.24) is 0 Å². The fourth-order valence-corrected chi connectivity index (χ4v) is 4.28. The Bertz CT molecular complexity index is 509. The van der Waals surface area contributed by atoms with Gasteiger partial charge < -0.3 is 9.47 Å². The first kappa shape index (κ1) is 14.9. The highest BCUT2D eigenvalue weighted by Crippen LogP contribution is 2.38. The lowest BCUT2D eigenvalue weighted by molar-refractivity contribution is -0.116. The molecular formula is C16H19FO3S. The third kappa shape index (κ3) is 3.40. The van der Waals surface area contributed by atoms with Gasteiger partial charge in [0.05, 0.1) is 12.2 Å². The molecule has 3 rings (SSSR count). The normalized spacial score (nSPS) is 24.7. The van der Waals surface area contributed by atoms with E-state index in [-0.39, 0.29) is 17.5 Å². The fraction of sp³-hybridized carbons (Fsp3) is 0.562. The zero-order valence-corrected chi connectivity index (χ0v) is 12.7. The molecule has 1 spiro atoms. The number of rotatable bonds is 3. The summed E-state index contributed by atoms with van der Waals surface area (Å²) in [6, 6.07) is 4.34. The lowest BCUT2D eigenvalue weighted by Crippen LogP contribution is -2.46. The van der Waals surface area contributed by atoms with Crippen molar-refractivity contribution in [3.8, 4) is 5.75 Å². The van der Waals surface area contributed by atoms with Crippen molar-refractivity contribution in [2.75, 3.05) is 18.1 Å². The Labute approximate surface area is 128 Å². The van der Waals surface area contributed by atoms with E-state index in [0.717, 1.165) is 37.2 Å². The SMILES string of the molecule is O=Cc1ccc(OC2CCOC3(CCSCC3)C2)c(F)c1. The lowest BCUT2D eigenvalue weighted by atomic mass is 9.86. The van der Waals surface area contributed by atoms with Crippen LogP contribution < -0.4 is 4.74 Å². The summed E-state index contributed by atoms with van der Waals surface area (Å²) >= 11 is 1.96. The summed E-state index contributed by atoms with van der Waals surface area (Å²) in [6.45, 7) is 0.670. The molecule has 2 heterocycles. The molecule has 2 aliphatic rings. The van der Waals surface area contributed by atoms with Gasteiger partial charge in [0.1, 0.15) is 12.4 Å². The topological polar surface area (TPSA) is 35.5 Å². The molecule has 0 N–H and O–H groups in total. The average Bonchev–Trinajstić information content (AvgIpc) is 2.50. The van der Waals surface area contributed by atoms with Crippen LogP contribution in [0.1, 0.15) is 36.0 Å². The van der Waals surface area contributed by atoms with E-state index >= 15 is 0 Å². The maximum atomic E-state index is 13.9. The minimum Gasteiger partial charge on any atom is -0.487 e. The van der Waals surface area contributed by atoms with Gasteiger partial charge in [-0.1, -0.05) is 0 Å². The summed E-state index contributed by atoms with van der Waals surface area (Å²) in [5, 5.41) is 0. The van der Waals surface area contributed by atoms with E-state index in [4.69, 9.17) is 9.47 Å². The maximum absolute atomic E-state index is 13.9. The second kappa shape index (κ2) is 6.36. The first-order valence-corrected chi connectivity index (χ1v) is 8.49. The molecule has 3 nitrogen and oxygen atoms in total. The summed E-state index contributed by atoms with van der Waals surface area (Å²) < 4.78 is 25.8. The van der Waals surface area contributed by atoms with Gasteiger partial charge in [-0.05, 0) is 42.5 Å². The molecule has 0 amide bonds. The lowest BCUT2D eigenvalue weighted by Gasteiger charge is -2.43. The summed E-state index contributed by atoms with van der Waals surface area (Å²) in [5.41, 5.74) is 0.250. The summed E-state index contributed by atoms with van der Waals surface area (Å²) in [4.78, 5) is 10.6. The smallest absolute Gasteiger partial charge is 0.165 e. The Morgan fingerprint density at radius 3 is 2.90 bits per heavy atom. The minimum atomic E-state index is -0.473. The molecule has 5 heteroatoms. The van der Waals surface area contributed by atoms with Crippen LogP contribution in [0.3, 0.4) is 0 Å². The molecule has 2 aliphatic heterocycles. The molecule has 0 aliphatic carbocycles. The molecule has 2 saturated heterocycles. The Balaban J connectivity index is 1.68. The van der Waals surface area contributed by atoms with Crippen molar-refractivity contribution in [3.05, 3.63) is 29.6 Å². The first-order valence-electron chi connectivity index (χ1n) is 7.34. The summed E-state index contributed by atoms with van der Waals surface area (Å²) in [7, 11) is 0. The minimum absolute atomic E-state index is 0.0153. The van der Waals surface area contributed by atoms with Gasteiger partial charge in [-0.15, -0.1) is 0 Å². The van der Waals surface area contributed by atoms with Crippen LogP contribution in [0.25, 0.3) is 0 Å². The van der Waals surface area contributed by atoms with Gasteiger partial charge in [0, 0.05) is 18.4 Å². The number of ether oxygens (including phenoxy) is 2. The highest BCUT2D eigenvalue weighted by molar-refractivity contribution is 7.99. The number of halogens is 1. The van der Waals surface area contributed by atoms with Crippen molar-refractivity contribution in [2.45, 2.75) is 37.4 Å². The van der Waals surface area contributed by atoms with Crippen LogP contribution in [-0.2, 0) is 4.74 Å². The molecule has 114 valence electrons. The predicted octanol–water partition coefficient (Wildman–Crippen LogP) is 3.46. The average molecular weight is 310 g/mol. The highest BCUT2D eigenvalue weighted by Gasteiger charge is 2.39. The van der Waals surface area contributed by atoms with E-state index in [1.165, 1.54) is 12.1 Å². The number of carbonyl (C=O) groups is 1. The largest absolute Gasteiger partial charge is 0.487 e. The number of aldehydes is 1. The van der Waals surface area contributed by atoms with Crippen LogP contribution in [0.4, 0.5) is 4.39 Å². The van der Waals surface area contributed by atoms with E-state index in [2.05, 4.69) is 0 Å². The van der Waals surface area contributed by atoms with Crippen LogP contribution in [0.2, 0.25) is 0 Å². The molecule has 1 atom stereocenters. The molecule has 1 unspecified atom stereocenters. The number of hydrogen-bond donors (Lipinski definition) is 0. The first-order chi connectivity index (χ1) is 10.2. The van der Waals surface area contributed by atoms with Crippen LogP contribution in [0, 0.1) is 5.82 Å². The molecule has 1 aromatic rings. The third-order valence-corrected chi connectivity index (χ3v) is 5.22. The van der Waals surface area contributed by atoms with E-state index in [1.54, 1.807) is 6.07 Å². The summed E-state index contributed by atoms with van der Waals surface area (Å²) in [5.74, 6) is 2.00. The van der Waals surface area contributed by atoms with Crippen LogP contribution in [-0.4, -0.2) is 36.1 Å². The quantitative estimate of drug-likeness (QED) is 0.801. The zero-order chi connectivity index (χ0) is 14.7. The molecule has 0 aromatic heterocycles. The van der Waals surface area contributed by atoms with Crippen molar-refractivity contribution in [2.24, 2.45) is 0 Å². The summed E-state index contributed by atoms with van der Waals surface area (Å²) in [6.07, 6.45) is 4.31. The Hall–Kier alpha value is -1.07. The second-order valence-electron chi connectivity index (χ2n) is 5.68. The van der Waals surface area contributed by atoms with Crippen LogP contribution >= 0.6 is 11.8 Å². The van der Waals surface area contributed by atoms with Gasteiger partial charge in [-0.2, -0.15) is 11.8 Å². The number of benzene rings is 1. The number of hydrogen-bond acceptors (Lipinski definition) is 4. The van der Waals surface area contributed by atoms with Crippen LogP contribution in [0.15, 0.2) is 18.2 Å². The molecule has 2 fully saturated rings. The zero-order valence-electron chi connectivity index (χ0n) is 11.8. The molecule has 0 radical (unpaired) electrons. The second-order valence-corrected chi connectivity index (χ2v) is 6.91. The van der Waals surface area contributed by atoms with E-state index in [0.29, 0.717) is 18.5 Å². The maximum Gasteiger partial charge on any atom is 0.165 e. The standard InChI is InChI=1S/C16H19FO3S/c17-14-9-12(11-18)1-2-15(14)20-13-3-6-19-16(10-13)4-7-21-8-5-16/h1-2,9,11,13H,3-8,10H2. The number of thioether (sulfide) groups is 1.